The summed E-state index contributed by atoms with van der Waals surface area (Å²) in [6.45, 7) is 1.15. The van der Waals surface area contributed by atoms with E-state index in [0.717, 1.165) is 25.0 Å². The molecule has 0 atom stereocenters. The number of hydrogen-bond acceptors (Lipinski definition) is 3. The van der Waals surface area contributed by atoms with E-state index in [1.807, 2.05) is 0 Å². The molecule has 4 nitrogen and oxygen atoms in total. The van der Waals surface area contributed by atoms with E-state index < -0.39 is 29.0 Å². The molecule has 0 saturated carbocycles. The molecule has 0 aliphatic carbocycles. The number of likely N-dealkylation sites (tertiary alicyclic amines) is 1. The standard InChI is InChI=1S/C13H14F2N2O2/c14-9-5-8(6-10(15)7-9)12(18)11(16)13(19)17-3-1-2-4-17/h5-7,18H,1-4,16H2/b12-11-. The van der Waals surface area contributed by atoms with E-state index in [1.54, 1.807) is 0 Å². The molecule has 0 radical (unpaired) electrons. The summed E-state index contributed by atoms with van der Waals surface area (Å²) in [5.41, 5.74) is 5.02. The molecule has 1 aliphatic heterocycles. The van der Waals surface area contributed by atoms with Gasteiger partial charge in [0.2, 0.25) is 0 Å². The highest BCUT2D eigenvalue weighted by molar-refractivity contribution is 5.98. The van der Waals surface area contributed by atoms with Crippen LogP contribution in [0.5, 0.6) is 0 Å². The summed E-state index contributed by atoms with van der Waals surface area (Å²) in [6.07, 6.45) is 1.77. The van der Waals surface area contributed by atoms with Gasteiger partial charge in [-0.15, -0.1) is 0 Å². The fourth-order valence-corrected chi connectivity index (χ4v) is 2.04. The van der Waals surface area contributed by atoms with Crippen molar-refractivity contribution in [2.45, 2.75) is 12.8 Å². The van der Waals surface area contributed by atoms with Crippen LogP contribution in [0.15, 0.2) is 23.9 Å². The van der Waals surface area contributed by atoms with Gasteiger partial charge in [0.05, 0.1) is 0 Å². The van der Waals surface area contributed by atoms with E-state index in [1.165, 1.54) is 4.90 Å². The summed E-state index contributed by atoms with van der Waals surface area (Å²) in [7, 11) is 0. The third-order valence-corrected chi connectivity index (χ3v) is 3.01. The van der Waals surface area contributed by atoms with Gasteiger partial charge in [0, 0.05) is 24.7 Å². The molecule has 0 bridgehead atoms. The summed E-state index contributed by atoms with van der Waals surface area (Å²) in [4.78, 5) is 13.4. The monoisotopic (exact) mass is 268 g/mol. The third-order valence-electron chi connectivity index (χ3n) is 3.01. The van der Waals surface area contributed by atoms with Crippen molar-refractivity contribution in [2.24, 2.45) is 5.73 Å². The number of benzene rings is 1. The molecule has 2 rings (SSSR count). The maximum Gasteiger partial charge on any atom is 0.273 e. The van der Waals surface area contributed by atoms with E-state index in [0.29, 0.717) is 19.2 Å². The Hall–Kier alpha value is -2.11. The maximum absolute atomic E-state index is 13.0. The minimum atomic E-state index is -0.844. The van der Waals surface area contributed by atoms with Gasteiger partial charge >= 0.3 is 0 Å². The second-order valence-corrected chi connectivity index (χ2v) is 4.42. The molecule has 6 heteroatoms. The molecule has 3 N–H and O–H groups in total. The molecule has 1 fully saturated rings. The number of carbonyl (C=O) groups excluding carboxylic acids is 1. The van der Waals surface area contributed by atoms with E-state index in [-0.39, 0.29) is 5.56 Å². The van der Waals surface area contributed by atoms with Crippen molar-refractivity contribution in [2.75, 3.05) is 13.1 Å². The van der Waals surface area contributed by atoms with Crippen LogP contribution >= 0.6 is 0 Å². The Morgan fingerprint density at radius 2 is 1.68 bits per heavy atom. The van der Waals surface area contributed by atoms with Crippen molar-refractivity contribution in [3.63, 3.8) is 0 Å². The second-order valence-electron chi connectivity index (χ2n) is 4.42. The first-order valence-electron chi connectivity index (χ1n) is 5.93. The van der Waals surface area contributed by atoms with Gasteiger partial charge in [-0.05, 0) is 25.0 Å². The number of nitrogens with zero attached hydrogens (tertiary/aromatic N) is 1. The molecular weight excluding hydrogens is 254 g/mol. The molecule has 0 unspecified atom stereocenters. The summed E-state index contributed by atoms with van der Waals surface area (Å²) in [5, 5.41) is 9.84. The molecular formula is C13H14F2N2O2. The van der Waals surface area contributed by atoms with Crippen LogP contribution in [0.3, 0.4) is 0 Å². The number of amides is 1. The second kappa shape index (κ2) is 5.26. The van der Waals surface area contributed by atoms with Crippen LogP contribution in [0.1, 0.15) is 18.4 Å². The van der Waals surface area contributed by atoms with Crippen LogP contribution in [0.4, 0.5) is 8.78 Å². The topological polar surface area (TPSA) is 66.6 Å². The van der Waals surface area contributed by atoms with Crippen LogP contribution in [0.25, 0.3) is 5.76 Å². The third kappa shape index (κ3) is 2.83. The van der Waals surface area contributed by atoms with Gasteiger partial charge in [-0.1, -0.05) is 0 Å². The molecule has 102 valence electrons. The van der Waals surface area contributed by atoms with Crippen molar-refractivity contribution in [1.82, 2.24) is 4.90 Å². The fraction of sp³-hybridized carbons (Fsp3) is 0.308. The summed E-state index contributed by atoms with van der Waals surface area (Å²) >= 11 is 0. The predicted octanol–water partition coefficient (Wildman–Crippen LogP) is 1.77. The first-order chi connectivity index (χ1) is 8.99. The predicted molar refractivity (Wildman–Crippen MR) is 65.9 cm³/mol. The van der Waals surface area contributed by atoms with Gasteiger partial charge in [-0.2, -0.15) is 0 Å². The van der Waals surface area contributed by atoms with Crippen LogP contribution in [-0.4, -0.2) is 29.0 Å². The molecule has 1 amide bonds. The number of rotatable bonds is 2. The van der Waals surface area contributed by atoms with Crippen molar-refractivity contribution in [1.29, 1.82) is 0 Å². The maximum atomic E-state index is 13.0. The molecule has 19 heavy (non-hydrogen) atoms. The lowest BCUT2D eigenvalue weighted by Gasteiger charge is -2.16. The van der Waals surface area contributed by atoms with Gasteiger partial charge < -0.3 is 15.7 Å². The van der Waals surface area contributed by atoms with Gasteiger partial charge in [0.15, 0.2) is 5.76 Å². The Labute approximate surface area is 109 Å². The molecule has 1 aromatic rings. The summed E-state index contributed by atoms with van der Waals surface area (Å²) in [6, 6.07) is 2.51. The Bertz CT molecular complexity index is 517. The first kappa shape index (κ1) is 13.3. The normalized spacial score (nSPS) is 16.4. The van der Waals surface area contributed by atoms with E-state index in [9.17, 15) is 18.7 Å². The molecule has 0 spiro atoms. The Kier molecular flexibility index (Phi) is 3.69. The number of hydrogen-bond donors (Lipinski definition) is 2. The highest BCUT2D eigenvalue weighted by Gasteiger charge is 2.23. The number of nitrogens with two attached hydrogens (primary N) is 1. The molecule has 1 aromatic carbocycles. The average Bonchev–Trinajstić information content (AvgIpc) is 2.88. The van der Waals surface area contributed by atoms with E-state index in [2.05, 4.69) is 0 Å². The van der Waals surface area contributed by atoms with E-state index >= 15 is 0 Å². The summed E-state index contributed by atoms with van der Waals surface area (Å²) in [5.74, 6) is -2.80. The average molecular weight is 268 g/mol. The van der Waals surface area contributed by atoms with Gasteiger partial charge in [-0.3, -0.25) is 4.79 Å². The minimum absolute atomic E-state index is 0.150. The number of carbonyl (C=O) groups is 1. The molecule has 1 heterocycles. The Morgan fingerprint density at radius 1 is 1.16 bits per heavy atom. The van der Waals surface area contributed by atoms with E-state index in [4.69, 9.17) is 5.73 Å². The number of aliphatic hydroxyl groups is 1. The summed E-state index contributed by atoms with van der Waals surface area (Å²) < 4.78 is 26.1. The zero-order valence-electron chi connectivity index (χ0n) is 10.2. The highest BCUT2D eigenvalue weighted by Crippen LogP contribution is 2.19. The van der Waals surface area contributed by atoms with Crippen molar-refractivity contribution >= 4 is 11.7 Å². The van der Waals surface area contributed by atoms with Crippen molar-refractivity contribution in [3.8, 4) is 0 Å². The molecule has 0 aromatic heterocycles. The molecule has 1 saturated heterocycles. The van der Waals surface area contributed by atoms with Crippen LogP contribution in [-0.2, 0) is 4.79 Å². The Balaban J connectivity index is 2.31. The first-order valence-corrected chi connectivity index (χ1v) is 5.93. The zero-order chi connectivity index (χ0) is 14.0. The van der Waals surface area contributed by atoms with Gasteiger partial charge in [0.1, 0.15) is 17.3 Å². The minimum Gasteiger partial charge on any atom is -0.505 e. The zero-order valence-corrected chi connectivity index (χ0v) is 10.2. The quantitative estimate of drug-likeness (QED) is 0.634. The number of aliphatic hydroxyl groups excluding tert-OH is 1. The van der Waals surface area contributed by atoms with Crippen molar-refractivity contribution < 1.29 is 18.7 Å². The fourth-order valence-electron chi connectivity index (χ4n) is 2.04. The Morgan fingerprint density at radius 3 is 2.21 bits per heavy atom. The SMILES string of the molecule is N/C(C(=O)N1CCCC1)=C(\O)c1cc(F)cc(F)c1. The van der Waals surface area contributed by atoms with Crippen molar-refractivity contribution in [3.05, 3.63) is 41.1 Å². The lowest BCUT2D eigenvalue weighted by Crippen LogP contribution is -2.32. The lowest BCUT2D eigenvalue weighted by molar-refractivity contribution is -0.126. The van der Waals surface area contributed by atoms with Crippen LogP contribution in [0.2, 0.25) is 0 Å². The molecule has 1 aliphatic rings. The van der Waals surface area contributed by atoms with Crippen LogP contribution in [0, 0.1) is 11.6 Å². The number of halogens is 2. The highest BCUT2D eigenvalue weighted by atomic mass is 19.1. The van der Waals surface area contributed by atoms with Crippen LogP contribution < -0.4 is 5.73 Å². The van der Waals surface area contributed by atoms with Gasteiger partial charge in [-0.25, -0.2) is 8.78 Å². The lowest BCUT2D eigenvalue weighted by atomic mass is 10.1. The van der Waals surface area contributed by atoms with Gasteiger partial charge in [0.25, 0.3) is 5.91 Å². The smallest absolute Gasteiger partial charge is 0.273 e. The largest absolute Gasteiger partial charge is 0.505 e.